The maximum Gasteiger partial charge on any atom is 0.229 e. The summed E-state index contributed by atoms with van der Waals surface area (Å²) in [7, 11) is 1.94. The third kappa shape index (κ3) is 1.97. The molecule has 0 aromatic rings. The lowest BCUT2D eigenvalue weighted by molar-refractivity contribution is -0.141. The van der Waals surface area contributed by atoms with Crippen LogP contribution in [0.25, 0.3) is 0 Å². The first-order valence-corrected chi connectivity index (χ1v) is 6.55. The summed E-state index contributed by atoms with van der Waals surface area (Å²) in [6.45, 7) is 2.98. The van der Waals surface area contributed by atoms with Gasteiger partial charge < -0.3 is 10.6 Å². The first-order chi connectivity index (χ1) is 7.54. The Morgan fingerprint density at radius 3 is 2.50 bits per heavy atom. The van der Waals surface area contributed by atoms with Gasteiger partial charge in [-0.15, -0.1) is 0 Å². The molecule has 2 aliphatic carbocycles. The van der Waals surface area contributed by atoms with E-state index < -0.39 is 0 Å². The zero-order valence-electron chi connectivity index (χ0n) is 10.5. The lowest BCUT2D eigenvalue weighted by Gasteiger charge is -2.36. The molecular weight excluding hydrogens is 200 g/mol. The first kappa shape index (κ1) is 11.9. The van der Waals surface area contributed by atoms with Crippen molar-refractivity contribution in [2.24, 2.45) is 17.1 Å². The number of carbonyl (C=O) groups is 1. The molecular formula is C13H24N2O. The summed E-state index contributed by atoms with van der Waals surface area (Å²) < 4.78 is 0. The molecule has 0 saturated heterocycles. The molecule has 16 heavy (non-hydrogen) atoms. The quantitative estimate of drug-likeness (QED) is 0.794. The van der Waals surface area contributed by atoms with Gasteiger partial charge in [-0.3, -0.25) is 4.79 Å². The summed E-state index contributed by atoms with van der Waals surface area (Å²) in [5.41, 5.74) is 5.79. The molecule has 0 bridgehead atoms. The highest BCUT2D eigenvalue weighted by Crippen LogP contribution is 2.38. The summed E-state index contributed by atoms with van der Waals surface area (Å²) in [5, 5.41) is 0. The monoisotopic (exact) mass is 224 g/mol. The van der Waals surface area contributed by atoms with Crippen LogP contribution in [0.3, 0.4) is 0 Å². The minimum atomic E-state index is -0.293. The molecule has 2 N–H and O–H groups in total. The summed E-state index contributed by atoms with van der Waals surface area (Å²) in [4.78, 5) is 14.3. The summed E-state index contributed by atoms with van der Waals surface area (Å²) in [6.07, 6.45) is 6.98. The molecule has 0 aromatic heterocycles. The first-order valence-electron chi connectivity index (χ1n) is 6.55. The Morgan fingerprint density at radius 1 is 1.38 bits per heavy atom. The molecule has 3 heteroatoms. The highest BCUT2D eigenvalue weighted by Gasteiger charge is 2.44. The highest BCUT2D eigenvalue weighted by atomic mass is 16.2. The van der Waals surface area contributed by atoms with Gasteiger partial charge in [-0.05, 0) is 38.5 Å². The van der Waals surface area contributed by atoms with Crippen LogP contribution in [0.2, 0.25) is 0 Å². The molecule has 2 atom stereocenters. The molecule has 2 aliphatic rings. The van der Waals surface area contributed by atoms with E-state index in [4.69, 9.17) is 5.73 Å². The van der Waals surface area contributed by atoms with Crippen molar-refractivity contribution >= 4 is 5.91 Å². The summed E-state index contributed by atoms with van der Waals surface area (Å²) >= 11 is 0. The van der Waals surface area contributed by atoms with E-state index in [-0.39, 0.29) is 17.4 Å². The molecule has 0 aliphatic heterocycles. The van der Waals surface area contributed by atoms with E-state index in [0.717, 1.165) is 31.7 Å². The number of amides is 1. The van der Waals surface area contributed by atoms with Crippen LogP contribution >= 0.6 is 0 Å². The number of nitrogens with two attached hydrogens (primary N) is 1. The zero-order chi connectivity index (χ0) is 11.8. The molecule has 2 unspecified atom stereocenters. The largest absolute Gasteiger partial charge is 0.345 e. The Labute approximate surface area is 98.4 Å². The van der Waals surface area contributed by atoms with Crippen molar-refractivity contribution in [2.75, 3.05) is 13.6 Å². The number of rotatable bonds is 3. The standard InChI is InChI=1S/C13H24N2O/c1-13(8-4-7-11(13)14)12(16)15(2)9-10-5-3-6-10/h10-11H,3-9,14H2,1-2H3. The molecule has 0 radical (unpaired) electrons. The summed E-state index contributed by atoms with van der Waals surface area (Å²) in [5.74, 6) is 1.01. The fraction of sp³-hybridized carbons (Fsp3) is 0.923. The number of hydrogen-bond donors (Lipinski definition) is 1. The third-order valence-corrected chi connectivity index (χ3v) is 4.62. The molecule has 0 spiro atoms. The Morgan fingerprint density at radius 2 is 2.06 bits per heavy atom. The van der Waals surface area contributed by atoms with Gasteiger partial charge in [-0.2, -0.15) is 0 Å². The molecule has 2 saturated carbocycles. The van der Waals surface area contributed by atoms with Gasteiger partial charge in [0.2, 0.25) is 5.91 Å². The lowest BCUT2D eigenvalue weighted by Crippen LogP contribution is -2.49. The second kappa shape index (κ2) is 4.36. The van der Waals surface area contributed by atoms with Crippen molar-refractivity contribution in [3.05, 3.63) is 0 Å². The predicted octanol–water partition coefficient (Wildman–Crippen LogP) is 1.76. The van der Waals surface area contributed by atoms with E-state index in [9.17, 15) is 4.79 Å². The van der Waals surface area contributed by atoms with Crippen molar-refractivity contribution < 1.29 is 4.79 Å². The highest BCUT2D eigenvalue weighted by molar-refractivity contribution is 5.83. The van der Waals surface area contributed by atoms with Crippen molar-refractivity contribution in [1.82, 2.24) is 4.90 Å². The van der Waals surface area contributed by atoms with Gasteiger partial charge >= 0.3 is 0 Å². The molecule has 0 aromatic carbocycles. The number of nitrogens with zero attached hydrogens (tertiary/aromatic N) is 1. The van der Waals surface area contributed by atoms with Crippen LogP contribution in [0.15, 0.2) is 0 Å². The van der Waals surface area contributed by atoms with Crippen LogP contribution in [0, 0.1) is 11.3 Å². The van der Waals surface area contributed by atoms with Gasteiger partial charge in [0.15, 0.2) is 0 Å². The van der Waals surface area contributed by atoms with E-state index in [2.05, 4.69) is 0 Å². The van der Waals surface area contributed by atoms with Crippen LogP contribution < -0.4 is 5.73 Å². The zero-order valence-corrected chi connectivity index (χ0v) is 10.5. The van der Waals surface area contributed by atoms with Gasteiger partial charge in [0.05, 0.1) is 5.41 Å². The molecule has 92 valence electrons. The van der Waals surface area contributed by atoms with Crippen LogP contribution in [0.4, 0.5) is 0 Å². The second-order valence-electron chi connectivity index (χ2n) is 5.90. The Balaban J connectivity index is 1.94. The maximum atomic E-state index is 12.4. The SMILES string of the molecule is CN(CC1CCC1)C(=O)C1(C)CCCC1N. The normalized spacial score (nSPS) is 34.8. The smallest absolute Gasteiger partial charge is 0.229 e. The molecule has 0 heterocycles. The Bertz CT molecular complexity index is 275. The molecule has 3 nitrogen and oxygen atoms in total. The Kier molecular flexibility index (Phi) is 3.24. The fourth-order valence-corrected chi connectivity index (χ4v) is 3.04. The van der Waals surface area contributed by atoms with E-state index in [1.807, 2.05) is 18.9 Å². The van der Waals surface area contributed by atoms with Gasteiger partial charge in [-0.25, -0.2) is 0 Å². The van der Waals surface area contributed by atoms with Crippen molar-refractivity contribution in [2.45, 2.75) is 51.5 Å². The average Bonchev–Trinajstić information content (AvgIpc) is 2.53. The van der Waals surface area contributed by atoms with Gasteiger partial charge in [0, 0.05) is 19.6 Å². The van der Waals surface area contributed by atoms with E-state index in [0.29, 0.717) is 0 Å². The van der Waals surface area contributed by atoms with Gasteiger partial charge in [0.1, 0.15) is 0 Å². The molecule has 2 fully saturated rings. The van der Waals surface area contributed by atoms with Crippen LogP contribution in [0.5, 0.6) is 0 Å². The van der Waals surface area contributed by atoms with Crippen molar-refractivity contribution in [1.29, 1.82) is 0 Å². The van der Waals surface area contributed by atoms with Crippen LogP contribution in [-0.2, 0) is 4.79 Å². The minimum Gasteiger partial charge on any atom is -0.345 e. The van der Waals surface area contributed by atoms with Crippen molar-refractivity contribution in [3.63, 3.8) is 0 Å². The van der Waals surface area contributed by atoms with E-state index in [1.54, 1.807) is 0 Å². The maximum absolute atomic E-state index is 12.4. The number of hydrogen-bond acceptors (Lipinski definition) is 2. The van der Waals surface area contributed by atoms with Gasteiger partial charge in [-0.1, -0.05) is 12.8 Å². The average molecular weight is 224 g/mol. The third-order valence-electron chi connectivity index (χ3n) is 4.62. The molecule has 2 rings (SSSR count). The van der Waals surface area contributed by atoms with E-state index >= 15 is 0 Å². The lowest BCUT2D eigenvalue weighted by atomic mass is 9.81. The predicted molar refractivity (Wildman–Crippen MR) is 64.9 cm³/mol. The topological polar surface area (TPSA) is 46.3 Å². The van der Waals surface area contributed by atoms with Crippen LogP contribution in [0.1, 0.15) is 45.4 Å². The van der Waals surface area contributed by atoms with Gasteiger partial charge in [0.25, 0.3) is 0 Å². The Hall–Kier alpha value is -0.570. The minimum absolute atomic E-state index is 0.0591. The molecule has 1 amide bonds. The summed E-state index contributed by atoms with van der Waals surface area (Å²) in [6, 6.07) is 0.0591. The van der Waals surface area contributed by atoms with Crippen LogP contribution in [-0.4, -0.2) is 30.4 Å². The van der Waals surface area contributed by atoms with E-state index in [1.165, 1.54) is 19.3 Å². The second-order valence-corrected chi connectivity index (χ2v) is 5.90. The number of carbonyl (C=O) groups excluding carboxylic acids is 1. The fourth-order valence-electron chi connectivity index (χ4n) is 3.04. The van der Waals surface area contributed by atoms with Crippen molar-refractivity contribution in [3.8, 4) is 0 Å².